The summed E-state index contributed by atoms with van der Waals surface area (Å²) in [4.78, 5) is 34.6. The van der Waals surface area contributed by atoms with Gasteiger partial charge >= 0.3 is 6.09 Å². The van der Waals surface area contributed by atoms with Crippen LogP contribution in [0.25, 0.3) is 0 Å². The number of nitrogens with two attached hydrogens (primary N) is 1. The molecule has 7 nitrogen and oxygen atoms in total. The molecule has 8 heteroatoms. The van der Waals surface area contributed by atoms with E-state index >= 15 is 0 Å². The zero-order valence-electron chi connectivity index (χ0n) is 14.7. The summed E-state index contributed by atoms with van der Waals surface area (Å²) in [7, 11) is 1.72. The van der Waals surface area contributed by atoms with Crippen molar-refractivity contribution in [1.29, 1.82) is 0 Å². The van der Waals surface area contributed by atoms with Crippen LogP contribution in [0.3, 0.4) is 0 Å². The number of aryl methyl sites for hydroxylation is 1. The predicted octanol–water partition coefficient (Wildman–Crippen LogP) is 2.97. The molecule has 0 aromatic carbocycles. The molecule has 0 aliphatic heterocycles. The monoisotopic (exact) mass is 410 g/mol. The normalized spacial score (nSPS) is 15.7. The molecule has 1 amide bonds. The average Bonchev–Trinajstić information content (AvgIpc) is 3.10. The number of allylic oxidation sites excluding steroid dienone is 1. The molecule has 0 saturated heterocycles. The third kappa shape index (κ3) is 4.78. The molecule has 1 aliphatic rings. The first-order valence-corrected chi connectivity index (χ1v) is 8.99. The fourth-order valence-corrected chi connectivity index (χ4v) is 2.92. The zero-order valence-corrected chi connectivity index (χ0v) is 16.3. The van der Waals surface area contributed by atoms with Crippen molar-refractivity contribution >= 4 is 27.8 Å². The lowest BCUT2D eigenvalue weighted by molar-refractivity contribution is 0.0936. The highest BCUT2D eigenvalue weighted by Crippen LogP contribution is 2.23. The maximum atomic E-state index is 12.6. The smallest absolute Gasteiger partial charge is 0.410 e. The van der Waals surface area contributed by atoms with Crippen LogP contribution in [0, 0.1) is 6.92 Å². The van der Waals surface area contributed by atoms with E-state index < -0.39 is 11.9 Å². The zero-order chi connectivity index (χ0) is 18.6. The van der Waals surface area contributed by atoms with Crippen LogP contribution in [0.5, 0.6) is 0 Å². The summed E-state index contributed by atoms with van der Waals surface area (Å²) in [5.41, 5.74) is 6.93. The summed E-state index contributed by atoms with van der Waals surface area (Å²) in [5.74, 6) is -0.410. The number of hydrogen-bond acceptors (Lipinski definition) is 6. The van der Waals surface area contributed by atoms with E-state index in [9.17, 15) is 9.59 Å². The molecular weight excluding hydrogens is 388 g/mol. The Bertz CT molecular complexity index is 695. The minimum absolute atomic E-state index is 0.0284. The lowest BCUT2D eigenvalue weighted by Crippen LogP contribution is -2.36. The molecule has 0 atom stereocenters. The Morgan fingerprint density at radius 2 is 2.04 bits per heavy atom. The second-order valence-electron chi connectivity index (χ2n) is 6.22. The number of aromatic nitrogens is 2. The van der Waals surface area contributed by atoms with Gasteiger partial charge in [0.2, 0.25) is 11.6 Å². The molecule has 136 valence electrons. The Labute approximate surface area is 155 Å². The van der Waals surface area contributed by atoms with Crippen molar-refractivity contribution in [2.24, 2.45) is 5.73 Å². The van der Waals surface area contributed by atoms with Gasteiger partial charge in [-0.1, -0.05) is 12.8 Å². The third-order valence-corrected chi connectivity index (χ3v) is 5.15. The van der Waals surface area contributed by atoms with Gasteiger partial charge in [0, 0.05) is 25.0 Å². The number of carbonyl (C=O) groups is 2. The van der Waals surface area contributed by atoms with Gasteiger partial charge in [-0.2, -0.15) is 0 Å². The van der Waals surface area contributed by atoms with Gasteiger partial charge in [-0.3, -0.25) is 4.79 Å². The van der Waals surface area contributed by atoms with Crippen molar-refractivity contribution in [3.05, 3.63) is 33.5 Å². The quantitative estimate of drug-likeness (QED) is 0.591. The summed E-state index contributed by atoms with van der Waals surface area (Å²) in [6.07, 6.45) is 5.26. The van der Waals surface area contributed by atoms with Crippen LogP contribution in [-0.2, 0) is 4.74 Å². The van der Waals surface area contributed by atoms with E-state index in [-0.39, 0.29) is 29.7 Å². The van der Waals surface area contributed by atoms with Gasteiger partial charge in [0.05, 0.1) is 15.7 Å². The van der Waals surface area contributed by atoms with Gasteiger partial charge in [-0.15, -0.1) is 0 Å². The van der Waals surface area contributed by atoms with Crippen LogP contribution in [-0.4, -0.2) is 46.4 Å². The van der Waals surface area contributed by atoms with E-state index in [4.69, 9.17) is 10.5 Å². The van der Waals surface area contributed by atoms with Crippen molar-refractivity contribution in [3.63, 3.8) is 0 Å². The fourth-order valence-electron chi connectivity index (χ4n) is 2.73. The minimum atomic E-state index is -0.452. The summed E-state index contributed by atoms with van der Waals surface area (Å²) in [6, 6.07) is 0.201. The lowest BCUT2D eigenvalue weighted by Gasteiger charge is -2.23. The molecule has 0 bridgehead atoms. The summed E-state index contributed by atoms with van der Waals surface area (Å²) >= 11 is 3.29. The maximum absolute atomic E-state index is 12.6. The molecule has 1 saturated carbocycles. The van der Waals surface area contributed by atoms with Crippen LogP contribution < -0.4 is 5.73 Å². The highest BCUT2D eigenvalue weighted by atomic mass is 79.9. The van der Waals surface area contributed by atoms with E-state index in [1.54, 1.807) is 25.8 Å². The number of hydrogen-bond donors (Lipinski definition) is 1. The molecule has 0 spiro atoms. The molecule has 0 unspecified atom stereocenters. The molecule has 1 aromatic rings. The van der Waals surface area contributed by atoms with E-state index in [1.165, 1.54) is 6.20 Å². The predicted molar refractivity (Wildman–Crippen MR) is 97.1 cm³/mol. The summed E-state index contributed by atoms with van der Waals surface area (Å²) in [6.45, 7) is 3.15. The molecule has 1 aromatic heterocycles. The van der Waals surface area contributed by atoms with Crippen molar-refractivity contribution in [2.45, 2.75) is 45.6 Å². The van der Waals surface area contributed by atoms with Crippen LogP contribution in [0.1, 0.15) is 48.9 Å². The summed E-state index contributed by atoms with van der Waals surface area (Å²) in [5, 5.41) is 0. The third-order valence-electron chi connectivity index (χ3n) is 4.37. The van der Waals surface area contributed by atoms with Crippen molar-refractivity contribution in [2.75, 3.05) is 13.7 Å². The maximum Gasteiger partial charge on any atom is 0.410 e. The lowest BCUT2D eigenvalue weighted by atomic mass is 10.1. The first-order chi connectivity index (χ1) is 11.8. The largest absolute Gasteiger partial charge is 0.444 e. The molecular formula is C17H23BrN4O3. The molecule has 1 fully saturated rings. The Kier molecular flexibility index (Phi) is 6.52. The van der Waals surface area contributed by atoms with Crippen molar-refractivity contribution in [3.8, 4) is 0 Å². The molecule has 1 aliphatic carbocycles. The molecule has 1 heterocycles. The molecule has 25 heavy (non-hydrogen) atoms. The second-order valence-corrected chi connectivity index (χ2v) is 7.08. The number of amides is 1. The Morgan fingerprint density at radius 3 is 2.60 bits per heavy atom. The Morgan fingerprint density at radius 1 is 1.40 bits per heavy atom. The van der Waals surface area contributed by atoms with Gasteiger partial charge in [0.1, 0.15) is 6.61 Å². The standard InChI is InChI=1S/C17H23BrN4O3/c1-10(19)13(15(23)16-20-8-14(18)11(2)21-16)9-25-17(24)22(3)12-6-4-5-7-12/h8,12H,4-7,9,19H2,1-3H3. The van der Waals surface area contributed by atoms with Crippen LogP contribution in [0.4, 0.5) is 4.79 Å². The van der Waals surface area contributed by atoms with Gasteiger partial charge < -0.3 is 15.4 Å². The van der Waals surface area contributed by atoms with Gasteiger partial charge in [0.25, 0.3) is 0 Å². The number of Topliss-reactive ketones (excluding diaryl/α,β-unsaturated/α-hetero) is 1. The number of ether oxygens (including phenoxy) is 1. The van der Waals surface area contributed by atoms with Crippen LogP contribution in [0.15, 0.2) is 21.9 Å². The number of halogens is 1. The van der Waals surface area contributed by atoms with E-state index in [0.29, 0.717) is 10.2 Å². The number of rotatable bonds is 5. The van der Waals surface area contributed by atoms with Gasteiger partial charge in [0.15, 0.2) is 0 Å². The summed E-state index contributed by atoms with van der Waals surface area (Å²) < 4.78 is 6.01. The fraction of sp³-hybridized carbons (Fsp3) is 0.529. The van der Waals surface area contributed by atoms with E-state index in [0.717, 1.165) is 25.7 Å². The van der Waals surface area contributed by atoms with Crippen molar-refractivity contribution in [1.82, 2.24) is 14.9 Å². The topological polar surface area (TPSA) is 98.4 Å². The van der Waals surface area contributed by atoms with Gasteiger partial charge in [-0.25, -0.2) is 14.8 Å². The number of ketones is 1. The number of carbonyl (C=O) groups excluding carboxylic acids is 2. The highest BCUT2D eigenvalue weighted by Gasteiger charge is 2.26. The van der Waals surface area contributed by atoms with Gasteiger partial charge in [-0.05, 0) is 42.6 Å². The van der Waals surface area contributed by atoms with Crippen LogP contribution in [0.2, 0.25) is 0 Å². The average molecular weight is 411 g/mol. The highest BCUT2D eigenvalue weighted by molar-refractivity contribution is 9.10. The molecule has 0 radical (unpaired) electrons. The van der Waals surface area contributed by atoms with Crippen molar-refractivity contribution < 1.29 is 14.3 Å². The molecule has 2 N–H and O–H groups in total. The van der Waals surface area contributed by atoms with E-state index in [2.05, 4.69) is 25.9 Å². The Hall–Kier alpha value is -1.96. The number of nitrogens with zero attached hydrogens (tertiary/aromatic N) is 3. The minimum Gasteiger partial charge on any atom is -0.444 e. The first-order valence-electron chi connectivity index (χ1n) is 8.20. The van der Waals surface area contributed by atoms with Crippen LogP contribution >= 0.6 is 15.9 Å². The second kappa shape index (κ2) is 8.42. The Balaban J connectivity index is 2.05. The SMILES string of the molecule is CC(N)=C(COC(=O)N(C)C1CCCC1)C(=O)c1ncc(Br)c(C)n1. The molecule has 2 rings (SSSR count). The van der Waals surface area contributed by atoms with E-state index in [1.807, 2.05) is 0 Å². The first kappa shape index (κ1) is 19.4.